The zero-order chi connectivity index (χ0) is 13.0. The van der Waals surface area contributed by atoms with E-state index in [9.17, 15) is 9.59 Å². The molecule has 18 heavy (non-hydrogen) atoms. The van der Waals surface area contributed by atoms with E-state index in [0.717, 1.165) is 43.7 Å². The van der Waals surface area contributed by atoms with Gasteiger partial charge in [0.05, 0.1) is 0 Å². The third kappa shape index (κ3) is 3.50. The van der Waals surface area contributed by atoms with Gasteiger partial charge >= 0.3 is 0 Å². The highest BCUT2D eigenvalue weighted by molar-refractivity contribution is 7.99. The van der Waals surface area contributed by atoms with Crippen LogP contribution in [-0.4, -0.2) is 40.7 Å². The third-order valence-electron chi connectivity index (χ3n) is 3.96. The van der Waals surface area contributed by atoms with Crippen molar-refractivity contribution in [2.75, 3.05) is 18.1 Å². The first-order chi connectivity index (χ1) is 8.68. The maximum atomic E-state index is 12.5. The predicted molar refractivity (Wildman–Crippen MR) is 74.7 cm³/mol. The van der Waals surface area contributed by atoms with Crippen molar-refractivity contribution in [2.45, 2.75) is 51.5 Å². The first-order valence-electron chi connectivity index (χ1n) is 7.06. The average molecular weight is 269 g/mol. The standard InChI is InChI=1S/C14H23NO2S/c1-11(16)9-13-5-3-2-4-7-15(13)14(17)12-6-8-18-10-12/h12-13H,2-10H2,1H3. The maximum absolute atomic E-state index is 12.5. The molecule has 2 aliphatic rings. The van der Waals surface area contributed by atoms with Crippen molar-refractivity contribution < 1.29 is 9.59 Å². The van der Waals surface area contributed by atoms with E-state index in [4.69, 9.17) is 0 Å². The van der Waals surface area contributed by atoms with Gasteiger partial charge in [0, 0.05) is 30.7 Å². The Kier molecular flexibility index (Phi) is 5.10. The zero-order valence-electron chi connectivity index (χ0n) is 11.2. The fourth-order valence-electron chi connectivity index (χ4n) is 2.98. The van der Waals surface area contributed by atoms with Crippen LogP contribution in [0.5, 0.6) is 0 Å². The van der Waals surface area contributed by atoms with Crippen molar-refractivity contribution in [3.05, 3.63) is 0 Å². The van der Waals surface area contributed by atoms with Gasteiger partial charge in [-0.05, 0) is 31.9 Å². The predicted octanol–water partition coefficient (Wildman–Crippen LogP) is 2.49. The molecule has 0 radical (unpaired) electrons. The van der Waals surface area contributed by atoms with E-state index >= 15 is 0 Å². The van der Waals surface area contributed by atoms with Gasteiger partial charge in [0.1, 0.15) is 5.78 Å². The highest BCUT2D eigenvalue weighted by Crippen LogP contribution is 2.28. The number of hydrogen-bond donors (Lipinski definition) is 0. The molecule has 0 aromatic rings. The molecule has 2 atom stereocenters. The number of carbonyl (C=O) groups excluding carboxylic acids is 2. The molecule has 0 aliphatic carbocycles. The lowest BCUT2D eigenvalue weighted by Crippen LogP contribution is -2.44. The maximum Gasteiger partial charge on any atom is 0.226 e. The number of rotatable bonds is 3. The topological polar surface area (TPSA) is 37.4 Å². The molecule has 102 valence electrons. The highest BCUT2D eigenvalue weighted by atomic mass is 32.2. The Hall–Kier alpha value is -0.510. The normalized spacial score (nSPS) is 29.1. The van der Waals surface area contributed by atoms with Crippen molar-refractivity contribution in [2.24, 2.45) is 5.92 Å². The van der Waals surface area contributed by atoms with E-state index in [-0.39, 0.29) is 17.7 Å². The van der Waals surface area contributed by atoms with Crippen molar-refractivity contribution in [1.29, 1.82) is 0 Å². The highest BCUT2D eigenvalue weighted by Gasteiger charge is 2.32. The van der Waals surface area contributed by atoms with Gasteiger partial charge in [0.15, 0.2) is 0 Å². The Morgan fingerprint density at radius 2 is 2.06 bits per heavy atom. The molecular formula is C14H23NO2S. The van der Waals surface area contributed by atoms with Crippen LogP contribution in [0.4, 0.5) is 0 Å². The molecule has 0 bridgehead atoms. The van der Waals surface area contributed by atoms with Crippen LogP contribution in [0.2, 0.25) is 0 Å². The number of ketones is 1. The molecule has 3 nitrogen and oxygen atoms in total. The van der Waals surface area contributed by atoms with E-state index in [2.05, 4.69) is 0 Å². The minimum absolute atomic E-state index is 0.170. The lowest BCUT2D eigenvalue weighted by atomic mass is 10.0. The zero-order valence-corrected chi connectivity index (χ0v) is 12.0. The van der Waals surface area contributed by atoms with E-state index in [0.29, 0.717) is 12.3 Å². The van der Waals surface area contributed by atoms with Crippen LogP contribution >= 0.6 is 11.8 Å². The summed E-state index contributed by atoms with van der Waals surface area (Å²) in [5, 5.41) is 0. The van der Waals surface area contributed by atoms with Gasteiger partial charge < -0.3 is 4.90 Å². The van der Waals surface area contributed by atoms with Crippen molar-refractivity contribution in [3.63, 3.8) is 0 Å². The summed E-state index contributed by atoms with van der Waals surface area (Å²) < 4.78 is 0. The molecule has 2 heterocycles. The molecule has 2 saturated heterocycles. The fraction of sp³-hybridized carbons (Fsp3) is 0.857. The lowest BCUT2D eigenvalue weighted by Gasteiger charge is -2.31. The van der Waals surface area contributed by atoms with E-state index < -0.39 is 0 Å². The second-order valence-corrected chi connectivity index (χ2v) is 6.65. The van der Waals surface area contributed by atoms with Crippen LogP contribution < -0.4 is 0 Å². The van der Waals surface area contributed by atoms with Gasteiger partial charge in [0.2, 0.25) is 5.91 Å². The fourth-order valence-corrected chi connectivity index (χ4v) is 4.19. The van der Waals surface area contributed by atoms with E-state index in [1.807, 2.05) is 16.7 Å². The molecule has 4 heteroatoms. The van der Waals surface area contributed by atoms with Gasteiger partial charge in [0.25, 0.3) is 0 Å². The largest absolute Gasteiger partial charge is 0.339 e. The number of carbonyl (C=O) groups is 2. The molecule has 2 rings (SSSR count). The quantitative estimate of drug-likeness (QED) is 0.790. The number of amides is 1. The smallest absolute Gasteiger partial charge is 0.226 e. The summed E-state index contributed by atoms with van der Waals surface area (Å²) >= 11 is 1.88. The number of thioether (sulfide) groups is 1. The van der Waals surface area contributed by atoms with Crippen LogP contribution in [0.15, 0.2) is 0 Å². The van der Waals surface area contributed by atoms with Gasteiger partial charge in [-0.3, -0.25) is 9.59 Å². The van der Waals surface area contributed by atoms with Crippen LogP contribution in [0.3, 0.4) is 0 Å². The summed E-state index contributed by atoms with van der Waals surface area (Å²) in [6.45, 7) is 2.50. The molecule has 2 unspecified atom stereocenters. The first kappa shape index (κ1) is 13.9. The van der Waals surface area contributed by atoms with Gasteiger partial charge in [-0.15, -0.1) is 0 Å². The van der Waals surface area contributed by atoms with Gasteiger partial charge in [-0.25, -0.2) is 0 Å². The minimum Gasteiger partial charge on any atom is -0.339 e. The lowest BCUT2D eigenvalue weighted by molar-refractivity contribution is -0.137. The monoisotopic (exact) mass is 269 g/mol. The number of nitrogens with zero attached hydrogens (tertiary/aromatic N) is 1. The molecule has 0 spiro atoms. The second-order valence-electron chi connectivity index (χ2n) is 5.50. The molecule has 0 N–H and O–H groups in total. The van der Waals surface area contributed by atoms with E-state index in [1.165, 1.54) is 6.42 Å². The molecule has 1 amide bonds. The summed E-state index contributed by atoms with van der Waals surface area (Å²) in [5.41, 5.74) is 0. The van der Waals surface area contributed by atoms with Crippen molar-refractivity contribution >= 4 is 23.5 Å². The van der Waals surface area contributed by atoms with Gasteiger partial charge in [-0.2, -0.15) is 11.8 Å². The Bertz CT molecular complexity index is 313. The summed E-state index contributed by atoms with van der Waals surface area (Å²) in [4.78, 5) is 26.0. The molecule has 0 saturated carbocycles. The Balaban J connectivity index is 2.03. The third-order valence-corrected chi connectivity index (χ3v) is 5.12. The van der Waals surface area contributed by atoms with Crippen LogP contribution in [0.25, 0.3) is 0 Å². The first-order valence-corrected chi connectivity index (χ1v) is 8.21. The summed E-state index contributed by atoms with van der Waals surface area (Å²) in [6, 6.07) is 0.170. The Morgan fingerprint density at radius 1 is 1.22 bits per heavy atom. The molecule has 2 aliphatic heterocycles. The second kappa shape index (κ2) is 6.60. The minimum atomic E-state index is 0.170. The summed E-state index contributed by atoms with van der Waals surface area (Å²) in [6.07, 6.45) is 6.02. The summed E-state index contributed by atoms with van der Waals surface area (Å²) in [7, 11) is 0. The molecule has 0 aromatic heterocycles. The molecule has 2 fully saturated rings. The molecular weight excluding hydrogens is 246 g/mol. The van der Waals surface area contributed by atoms with Crippen LogP contribution in [0.1, 0.15) is 45.4 Å². The van der Waals surface area contributed by atoms with Crippen molar-refractivity contribution in [3.8, 4) is 0 Å². The molecule has 0 aromatic carbocycles. The number of Topliss-reactive ketones (excluding diaryl/α,β-unsaturated/α-hetero) is 1. The van der Waals surface area contributed by atoms with Gasteiger partial charge in [-0.1, -0.05) is 12.8 Å². The number of likely N-dealkylation sites (tertiary alicyclic amines) is 1. The van der Waals surface area contributed by atoms with E-state index in [1.54, 1.807) is 6.92 Å². The SMILES string of the molecule is CC(=O)CC1CCCCCN1C(=O)C1CCSC1. The Morgan fingerprint density at radius 3 is 2.72 bits per heavy atom. The van der Waals surface area contributed by atoms with Crippen LogP contribution in [0, 0.1) is 5.92 Å². The van der Waals surface area contributed by atoms with Crippen LogP contribution in [-0.2, 0) is 9.59 Å². The summed E-state index contributed by atoms with van der Waals surface area (Å²) in [5.74, 6) is 2.82. The average Bonchev–Trinajstić information content (AvgIpc) is 2.76. The van der Waals surface area contributed by atoms with Crippen molar-refractivity contribution in [1.82, 2.24) is 4.90 Å². The number of hydrogen-bond acceptors (Lipinski definition) is 3. The Labute approximate surface area is 114 Å².